The molecule has 0 aromatic carbocycles. The fourth-order valence-electron chi connectivity index (χ4n) is 3.68. The molecule has 0 radical (unpaired) electrons. The first kappa shape index (κ1) is 14.5. The van der Waals surface area contributed by atoms with Crippen molar-refractivity contribution in [3.05, 3.63) is 11.9 Å². The minimum absolute atomic E-state index is 0.167. The number of amides is 1. The highest BCUT2D eigenvalue weighted by atomic mass is 16.2. The topological polar surface area (TPSA) is 80.3 Å². The molecule has 21 heavy (non-hydrogen) atoms. The van der Waals surface area contributed by atoms with Gasteiger partial charge in [0, 0.05) is 39.4 Å². The second-order valence-electron chi connectivity index (χ2n) is 6.41. The van der Waals surface area contributed by atoms with Crippen molar-refractivity contribution < 1.29 is 4.79 Å². The monoisotopic (exact) mass is 292 g/mol. The van der Waals surface area contributed by atoms with Crippen LogP contribution in [-0.4, -0.2) is 63.9 Å². The molecule has 4 rings (SSSR count). The maximum atomic E-state index is 12.3. The zero-order chi connectivity index (χ0) is 15.0. The Labute approximate surface area is 125 Å². The van der Waals surface area contributed by atoms with Gasteiger partial charge < -0.3 is 10.6 Å². The SMILES string of the molecule is CN(C)C(=O)[C@H]1CN2CC[C@@H]1C[C@@H]2Cn1cc(CN)nn1. The molecule has 7 nitrogen and oxygen atoms in total. The molecule has 3 aliphatic heterocycles. The lowest BCUT2D eigenvalue weighted by Gasteiger charge is -2.49. The van der Waals surface area contributed by atoms with E-state index in [9.17, 15) is 4.79 Å². The van der Waals surface area contributed by atoms with Crippen LogP contribution in [0.15, 0.2) is 6.20 Å². The predicted octanol–water partition coefficient (Wildman–Crippen LogP) is -0.465. The number of nitrogens with two attached hydrogens (primary N) is 1. The van der Waals surface area contributed by atoms with Crippen LogP contribution in [0, 0.1) is 11.8 Å². The van der Waals surface area contributed by atoms with Crippen LogP contribution in [0.4, 0.5) is 0 Å². The van der Waals surface area contributed by atoms with E-state index in [2.05, 4.69) is 15.2 Å². The summed E-state index contributed by atoms with van der Waals surface area (Å²) in [7, 11) is 3.70. The molecule has 1 aromatic rings. The zero-order valence-electron chi connectivity index (χ0n) is 12.8. The van der Waals surface area contributed by atoms with Gasteiger partial charge in [0.15, 0.2) is 0 Å². The maximum absolute atomic E-state index is 12.3. The quantitative estimate of drug-likeness (QED) is 0.812. The molecule has 3 aliphatic rings. The number of fused-ring (bicyclic) bond motifs is 3. The first-order valence-corrected chi connectivity index (χ1v) is 7.62. The number of hydrogen-bond donors (Lipinski definition) is 1. The molecule has 3 saturated heterocycles. The average Bonchev–Trinajstić information content (AvgIpc) is 2.94. The Bertz CT molecular complexity index is 513. The van der Waals surface area contributed by atoms with E-state index < -0.39 is 0 Å². The van der Waals surface area contributed by atoms with E-state index >= 15 is 0 Å². The van der Waals surface area contributed by atoms with Crippen LogP contribution in [-0.2, 0) is 17.9 Å². The summed E-state index contributed by atoms with van der Waals surface area (Å²) in [6.45, 7) is 3.23. The molecule has 2 N–H and O–H groups in total. The Morgan fingerprint density at radius 2 is 2.33 bits per heavy atom. The summed E-state index contributed by atoms with van der Waals surface area (Å²) in [5.74, 6) is 0.946. The van der Waals surface area contributed by atoms with Gasteiger partial charge in [-0.15, -0.1) is 5.10 Å². The van der Waals surface area contributed by atoms with Crippen LogP contribution < -0.4 is 5.73 Å². The van der Waals surface area contributed by atoms with Crippen LogP contribution >= 0.6 is 0 Å². The number of nitrogens with zero attached hydrogens (tertiary/aromatic N) is 5. The third-order valence-corrected chi connectivity index (χ3v) is 4.83. The Hall–Kier alpha value is -1.47. The van der Waals surface area contributed by atoms with E-state index in [1.54, 1.807) is 4.90 Å². The van der Waals surface area contributed by atoms with Crippen molar-refractivity contribution in [1.82, 2.24) is 24.8 Å². The van der Waals surface area contributed by atoms with Crippen molar-refractivity contribution in [2.24, 2.45) is 17.6 Å². The van der Waals surface area contributed by atoms with E-state index in [0.717, 1.165) is 38.2 Å². The van der Waals surface area contributed by atoms with Crippen molar-refractivity contribution >= 4 is 5.91 Å². The Kier molecular flexibility index (Phi) is 3.95. The fraction of sp³-hybridized carbons (Fsp3) is 0.786. The molecule has 1 aromatic heterocycles. The molecule has 0 saturated carbocycles. The van der Waals surface area contributed by atoms with Gasteiger partial charge in [-0.25, -0.2) is 0 Å². The minimum atomic E-state index is 0.167. The molecule has 7 heteroatoms. The molecular weight excluding hydrogens is 268 g/mol. The molecule has 4 heterocycles. The standard InChI is InChI=1S/C14H24N6O/c1-18(2)14(21)13-9-19-4-3-10(13)5-12(19)8-20-7-11(6-15)16-17-20/h7,10,12-13H,3-6,8-9,15H2,1-2H3/t10-,12-,13+/m1/s1. The summed E-state index contributed by atoms with van der Waals surface area (Å²) in [5, 5.41) is 8.17. The largest absolute Gasteiger partial charge is 0.349 e. The Morgan fingerprint density at radius 3 is 2.90 bits per heavy atom. The molecular formula is C14H24N6O. The molecule has 1 amide bonds. The highest BCUT2D eigenvalue weighted by Crippen LogP contribution is 2.37. The van der Waals surface area contributed by atoms with Gasteiger partial charge in [0.2, 0.25) is 5.91 Å². The van der Waals surface area contributed by atoms with E-state index in [1.807, 2.05) is 25.0 Å². The summed E-state index contributed by atoms with van der Waals surface area (Å²) in [5.41, 5.74) is 6.39. The van der Waals surface area contributed by atoms with E-state index in [-0.39, 0.29) is 11.8 Å². The van der Waals surface area contributed by atoms with E-state index in [4.69, 9.17) is 5.73 Å². The van der Waals surface area contributed by atoms with Crippen molar-refractivity contribution in [3.63, 3.8) is 0 Å². The molecule has 2 bridgehead atoms. The molecule has 4 atom stereocenters. The van der Waals surface area contributed by atoms with Gasteiger partial charge in [0.05, 0.1) is 18.2 Å². The Balaban J connectivity index is 1.65. The summed E-state index contributed by atoms with van der Waals surface area (Å²) in [6, 6.07) is 0.460. The van der Waals surface area contributed by atoms with Crippen LogP contribution in [0.5, 0.6) is 0 Å². The van der Waals surface area contributed by atoms with Gasteiger partial charge in [-0.1, -0.05) is 5.21 Å². The van der Waals surface area contributed by atoms with E-state index in [1.165, 1.54) is 0 Å². The van der Waals surface area contributed by atoms with Crippen LogP contribution in [0.3, 0.4) is 0 Å². The summed E-state index contributed by atoms with van der Waals surface area (Å²) < 4.78 is 1.89. The molecule has 1 unspecified atom stereocenters. The number of aromatic nitrogens is 3. The highest BCUT2D eigenvalue weighted by Gasteiger charge is 2.43. The first-order chi connectivity index (χ1) is 10.1. The van der Waals surface area contributed by atoms with Gasteiger partial charge in [0.25, 0.3) is 0 Å². The third kappa shape index (κ3) is 2.80. The lowest BCUT2D eigenvalue weighted by Crippen LogP contribution is -2.57. The van der Waals surface area contributed by atoms with Gasteiger partial charge in [0.1, 0.15) is 0 Å². The number of rotatable bonds is 4. The smallest absolute Gasteiger partial charge is 0.226 e. The van der Waals surface area contributed by atoms with Crippen molar-refractivity contribution in [1.29, 1.82) is 0 Å². The van der Waals surface area contributed by atoms with Gasteiger partial charge in [-0.05, 0) is 25.3 Å². The average molecular weight is 292 g/mol. The van der Waals surface area contributed by atoms with Crippen molar-refractivity contribution in [2.75, 3.05) is 27.2 Å². The molecule has 116 valence electrons. The van der Waals surface area contributed by atoms with Gasteiger partial charge in [-0.2, -0.15) is 0 Å². The predicted molar refractivity (Wildman–Crippen MR) is 78.2 cm³/mol. The lowest BCUT2D eigenvalue weighted by molar-refractivity contribution is -0.141. The highest BCUT2D eigenvalue weighted by molar-refractivity contribution is 5.79. The minimum Gasteiger partial charge on any atom is -0.349 e. The zero-order valence-corrected chi connectivity index (χ0v) is 12.8. The molecule has 0 aliphatic carbocycles. The number of carbonyl (C=O) groups excluding carboxylic acids is 1. The maximum Gasteiger partial charge on any atom is 0.226 e. The lowest BCUT2D eigenvalue weighted by atomic mass is 9.75. The van der Waals surface area contributed by atoms with E-state index in [0.29, 0.717) is 18.5 Å². The number of hydrogen-bond acceptors (Lipinski definition) is 5. The summed E-state index contributed by atoms with van der Waals surface area (Å²) in [4.78, 5) is 16.4. The third-order valence-electron chi connectivity index (χ3n) is 4.83. The van der Waals surface area contributed by atoms with Gasteiger partial charge in [-0.3, -0.25) is 14.4 Å². The van der Waals surface area contributed by atoms with Crippen LogP contribution in [0.1, 0.15) is 18.5 Å². The molecule has 3 fully saturated rings. The number of carbonyl (C=O) groups is 1. The second-order valence-corrected chi connectivity index (χ2v) is 6.41. The molecule has 0 spiro atoms. The second kappa shape index (κ2) is 5.73. The summed E-state index contributed by atoms with van der Waals surface area (Å²) >= 11 is 0. The summed E-state index contributed by atoms with van der Waals surface area (Å²) in [6.07, 6.45) is 4.13. The van der Waals surface area contributed by atoms with Crippen molar-refractivity contribution in [3.8, 4) is 0 Å². The first-order valence-electron chi connectivity index (χ1n) is 7.62. The number of piperidine rings is 3. The Morgan fingerprint density at radius 1 is 1.52 bits per heavy atom. The normalized spacial score (nSPS) is 31.4. The van der Waals surface area contributed by atoms with Crippen molar-refractivity contribution in [2.45, 2.75) is 32.0 Å². The van der Waals surface area contributed by atoms with Crippen LogP contribution in [0.2, 0.25) is 0 Å². The van der Waals surface area contributed by atoms with Crippen LogP contribution in [0.25, 0.3) is 0 Å². The van der Waals surface area contributed by atoms with Gasteiger partial charge >= 0.3 is 0 Å². The fourth-order valence-corrected chi connectivity index (χ4v) is 3.68.